The molecule has 0 aliphatic rings. The lowest BCUT2D eigenvalue weighted by atomic mass is 9.99. The summed E-state index contributed by atoms with van der Waals surface area (Å²) in [4.78, 5) is 0. The maximum Gasteiger partial charge on any atom is 0.126 e. The Morgan fingerprint density at radius 1 is 1.10 bits per heavy atom. The van der Waals surface area contributed by atoms with Crippen LogP contribution in [0.4, 0.5) is 0 Å². The summed E-state index contributed by atoms with van der Waals surface area (Å²) in [6, 6.07) is 15.7. The van der Waals surface area contributed by atoms with Gasteiger partial charge in [0.05, 0.1) is 7.11 Å². The van der Waals surface area contributed by atoms with Crippen LogP contribution in [-0.4, -0.2) is 20.2 Å². The van der Waals surface area contributed by atoms with E-state index < -0.39 is 0 Å². The molecule has 0 amide bonds. The number of hydrogen-bond donors (Lipinski definition) is 1. The third kappa shape index (κ3) is 4.08. The largest absolute Gasteiger partial charge is 0.496 e. The van der Waals surface area contributed by atoms with E-state index in [1.165, 1.54) is 16.7 Å². The summed E-state index contributed by atoms with van der Waals surface area (Å²) in [5, 5.41) is 3.28. The normalized spacial score (nSPS) is 12.2. The monoisotopic (exact) mass is 283 g/mol. The van der Waals surface area contributed by atoms with Crippen LogP contribution in [0.1, 0.15) is 24.5 Å². The summed E-state index contributed by atoms with van der Waals surface area (Å²) in [6.45, 7) is 4.32. The highest BCUT2D eigenvalue weighted by Crippen LogP contribution is 2.31. The van der Waals surface area contributed by atoms with Crippen LogP contribution in [-0.2, 0) is 6.42 Å². The summed E-state index contributed by atoms with van der Waals surface area (Å²) in [5.41, 5.74) is 5.00. The standard InChI is InChI=1S/C19H25NO/c1-14-5-12-19(21-4)18(13-14)17-10-8-16(9-11-17)7-6-15(2)20-3/h5,8-13,15,20H,6-7H2,1-4H3. The minimum Gasteiger partial charge on any atom is -0.496 e. The maximum absolute atomic E-state index is 5.47. The number of nitrogens with one attached hydrogen (secondary N) is 1. The number of benzene rings is 2. The Kier molecular flexibility index (Phi) is 5.40. The number of methoxy groups -OCH3 is 1. The third-order valence-corrected chi connectivity index (χ3v) is 3.98. The predicted molar refractivity (Wildman–Crippen MR) is 90.0 cm³/mol. The second kappa shape index (κ2) is 7.28. The zero-order valence-electron chi connectivity index (χ0n) is 13.4. The second-order valence-corrected chi connectivity index (χ2v) is 5.63. The van der Waals surface area contributed by atoms with Gasteiger partial charge in [0.2, 0.25) is 0 Å². The van der Waals surface area contributed by atoms with Crippen LogP contribution in [0.2, 0.25) is 0 Å². The van der Waals surface area contributed by atoms with Crippen molar-refractivity contribution in [2.45, 2.75) is 32.7 Å². The van der Waals surface area contributed by atoms with Crippen molar-refractivity contribution in [1.29, 1.82) is 0 Å². The Morgan fingerprint density at radius 3 is 2.43 bits per heavy atom. The molecule has 0 spiro atoms. The zero-order valence-corrected chi connectivity index (χ0v) is 13.4. The minimum atomic E-state index is 0.557. The molecule has 1 atom stereocenters. The molecule has 1 unspecified atom stereocenters. The van der Waals surface area contributed by atoms with Gasteiger partial charge in [-0.2, -0.15) is 0 Å². The van der Waals surface area contributed by atoms with E-state index in [4.69, 9.17) is 4.74 Å². The number of rotatable bonds is 6. The van der Waals surface area contributed by atoms with E-state index in [1.54, 1.807) is 7.11 Å². The summed E-state index contributed by atoms with van der Waals surface area (Å²) in [6.07, 6.45) is 2.26. The molecule has 0 aliphatic carbocycles. The molecule has 0 aromatic heterocycles. The Hall–Kier alpha value is -1.80. The summed E-state index contributed by atoms with van der Waals surface area (Å²) in [5.74, 6) is 0.928. The summed E-state index contributed by atoms with van der Waals surface area (Å²) >= 11 is 0. The van der Waals surface area contributed by atoms with Crippen LogP contribution in [0.3, 0.4) is 0 Å². The average Bonchev–Trinajstić information content (AvgIpc) is 2.53. The van der Waals surface area contributed by atoms with Crippen molar-refractivity contribution in [3.8, 4) is 16.9 Å². The van der Waals surface area contributed by atoms with Crippen molar-refractivity contribution in [1.82, 2.24) is 5.32 Å². The number of hydrogen-bond acceptors (Lipinski definition) is 2. The topological polar surface area (TPSA) is 21.3 Å². The van der Waals surface area contributed by atoms with Crippen LogP contribution in [0.25, 0.3) is 11.1 Å². The molecular weight excluding hydrogens is 258 g/mol. The first-order valence-electron chi connectivity index (χ1n) is 7.55. The Morgan fingerprint density at radius 2 is 1.81 bits per heavy atom. The molecule has 0 saturated carbocycles. The van der Waals surface area contributed by atoms with Crippen LogP contribution < -0.4 is 10.1 Å². The molecule has 112 valence electrons. The van der Waals surface area contributed by atoms with Gasteiger partial charge in [-0.1, -0.05) is 35.9 Å². The van der Waals surface area contributed by atoms with Crippen molar-refractivity contribution in [3.05, 3.63) is 53.6 Å². The predicted octanol–water partition coefficient (Wildman–Crippen LogP) is 4.21. The van der Waals surface area contributed by atoms with Crippen molar-refractivity contribution in [3.63, 3.8) is 0 Å². The fraction of sp³-hybridized carbons (Fsp3) is 0.368. The first kappa shape index (κ1) is 15.6. The van der Waals surface area contributed by atoms with Crippen molar-refractivity contribution in [2.75, 3.05) is 14.2 Å². The molecule has 0 fully saturated rings. The minimum absolute atomic E-state index is 0.557. The third-order valence-electron chi connectivity index (χ3n) is 3.98. The quantitative estimate of drug-likeness (QED) is 0.857. The molecule has 0 saturated heterocycles. The maximum atomic E-state index is 5.47. The van der Waals surface area contributed by atoms with E-state index in [0.717, 1.165) is 24.2 Å². The SMILES string of the molecule is CNC(C)CCc1ccc(-c2cc(C)ccc2OC)cc1. The molecule has 0 heterocycles. The van der Waals surface area contributed by atoms with Gasteiger partial charge in [0, 0.05) is 11.6 Å². The lowest BCUT2D eigenvalue weighted by molar-refractivity contribution is 0.416. The van der Waals surface area contributed by atoms with Gasteiger partial charge in [0.1, 0.15) is 5.75 Å². The molecule has 2 nitrogen and oxygen atoms in total. The van der Waals surface area contributed by atoms with Gasteiger partial charge >= 0.3 is 0 Å². The number of ether oxygens (including phenoxy) is 1. The fourth-order valence-electron chi connectivity index (χ4n) is 2.43. The first-order chi connectivity index (χ1) is 10.1. The molecule has 0 radical (unpaired) electrons. The van der Waals surface area contributed by atoms with Gasteiger partial charge in [0.15, 0.2) is 0 Å². The van der Waals surface area contributed by atoms with Gasteiger partial charge in [-0.05, 0) is 57.0 Å². The smallest absolute Gasteiger partial charge is 0.126 e. The molecule has 2 heteroatoms. The zero-order chi connectivity index (χ0) is 15.2. The van der Waals surface area contributed by atoms with Gasteiger partial charge in [-0.15, -0.1) is 0 Å². The first-order valence-corrected chi connectivity index (χ1v) is 7.55. The number of aryl methyl sites for hydroxylation is 2. The van der Waals surface area contributed by atoms with E-state index >= 15 is 0 Å². The van der Waals surface area contributed by atoms with Gasteiger partial charge in [-0.25, -0.2) is 0 Å². The van der Waals surface area contributed by atoms with Gasteiger partial charge in [-0.3, -0.25) is 0 Å². The molecule has 0 bridgehead atoms. The average molecular weight is 283 g/mol. The van der Waals surface area contributed by atoms with Gasteiger partial charge in [0.25, 0.3) is 0 Å². The Balaban J connectivity index is 2.17. The van der Waals surface area contributed by atoms with Crippen LogP contribution >= 0.6 is 0 Å². The Bertz CT molecular complexity index is 575. The lowest BCUT2D eigenvalue weighted by Crippen LogP contribution is -2.21. The highest BCUT2D eigenvalue weighted by Gasteiger charge is 2.06. The highest BCUT2D eigenvalue weighted by atomic mass is 16.5. The van der Waals surface area contributed by atoms with Crippen LogP contribution in [0, 0.1) is 6.92 Å². The second-order valence-electron chi connectivity index (χ2n) is 5.63. The molecular formula is C19H25NO. The molecule has 21 heavy (non-hydrogen) atoms. The van der Waals surface area contributed by atoms with Gasteiger partial charge < -0.3 is 10.1 Å². The van der Waals surface area contributed by atoms with Crippen molar-refractivity contribution >= 4 is 0 Å². The van der Waals surface area contributed by atoms with E-state index in [0.29, 0.717) is 6.04 Å². The van der Waals surface area contributed by atoms with E-state index in [1.807, 2.05) is 13.1 Å². The molecule has 2 rings (SSSR count). The molecule has 0 aliphatic heterocycles. The summed E-state index contributed by atoms with van der Waals surface area (Å²) in [7, 11) is 3.74. The highest BCUT2D eigenvalue weighted by molar-refractivity contribution is 5.71. The molecule has 2 aromatic carbocycles. The van der Waals surface area contributed by atoms with E-state index in [-0.39, 0.29) is 0 Å². The fourth-order valence-corrected chi connectivity index (χ4v) is 2.43. The lowest BCUT2D eigenvalue weighted by Gasteiger charge is -2.12. The van der Waals surface area contributed by atoms with Crippen LogP contribution in [0.15, 0.2) is 42.5 Å². The van der Waals surface area contributed by atoms with E-state index in [9.17, 15) is 0 Å². The van der Waals surface area contributed by atoms with Crippen molar-refractivity contribution < 1.29 is 4.74 Å². The van der Waals surface area contributed by atoms with E-state index in [2.05, 4.69) is 55.6 Å². The van der Waals surface area contributed by atoms with Crippen LogP contribution in [0.5, 0.6) is 5.75 Å². The summed E-state index contributed by atoms with van der Waals surface area (Å²) < 4.78 is 5.47. The molecule has 2 aromatic rings. The van der Waals surface area contributed by atoms with Crippen molar-refractivity contribution in [2.24, 2.45) is 0 Å². The molecule has 1 N–H and O–H groups in total. The Labute approximate surface area is 128 Å².